The monoisotopic (exact) mass is 322 g/mol. The maximum Gasteiger partial charge on any atom is 0.123 e. The minimum Gasteiger partial charge on any atom is -0.313 e. The van der Waals surface area contributed by atoms with Crippen LogP contribution in [0.2, 0.25) is 0 Å². The van der Waals surface area contributed by atoms with Gasteiger partial charge in [-0.3, -0.25) is 4.98 Å². The maximum absolute atomic E-state index is 13.3. The molecule has 19 heavy (non-hydrogen) atoms. The van der Waals surface area contributed by atoms with Crippen LogP contribution in [0.3, 0.4) is 0 Å². The highest BCUT2D eigenvalue weighted by atomic mass is 79.9. The van der Waals surface area contributed by atoms with Crippen LogP contribution < -0.4 is 5.32 Å². The van der Waals surface area contributed by atoms with E-state index in [4.69, 9.17) is 0 Å². The lowest BCUT2D eigenvalue weighted by Gasteiger charge is -2.17. The summed E-state index contributed by atoms with van der Waals surface area (Å²) in [5.41, 5.74) is 3.04. The normalized spacial score (nSPS) is 12.4. The minimum absolute atomic E-state index is 0.117. The first-order valence-electron chi connectivity index (χ1n) is 6.14. The Morgan fingerprint density at radius 2 is 2.11 bits per heavy atom. The molecule has 4 heteroatoms. The van der Waals surface area contributed by atoms with E-state index in [2.05, 4.69) is 32.3 Å². The summed E-state index contributed by atoms with van der Waals surface area (Å²) in [7, 11) is 1.90. The van der Waals surface area contributed by atoms with E-state index in [1.165, 1.54) is 6.07 Å². The van der Waals surface area contributed by atoms with Crippen molar-refractivity contribution in [3.05, 3.63) is 63.6 Å². The Balaban J connectivity index is 2.23. The van der Waals surface area contributed by atoms with E-state index in [1.807, 2.05) is 26.2 Å². The number of nitrogens with one attached hydrogen (secondary N) is 1. The van der Waals surface area contributed by atoms with Crippen molar-refractivity contribution in [2.24, 2.45) is 0 Å². The quantitative estimate of drug-likeness (QED) is 0.926. The van der Waals surface area contributed by atoms with Crippen LogP contribution in [0.1, 0.15) is 22.9 Å². The molecule has 0 radical (unpaired) electrons. The molecule has 0 fully saturated rings. The molecule has 1 atom stereocenters. The average molecular weight is 323 g/mol. The highest BCUT2D eigenvalue weighted by Gasteiger charge is 2.13. The molecule has 0 spiro atoms. The first-order valence-corrected chi connectivity index (χ1v) is 6.93. The van der Waals surface area contributed by atoms with Gasteiger partial charge in [-0.05, 0) is 55.8 Å². The predicted molar refractivity (Wildman–Crippen MR) is 78.6 cm³/mol. The molecule has 2 nitrogen and oxygen atoms in total. The Morgan fingerprint density at radius 1 is 1.32 bits per heavy atom. The molecule has 100 valence electrons. The number of halogens is 2. The standard InChI is InChI=1S/C15H16BrFN2/c1-10-3-4-11(9-19-10)15(18-2)8-12-7-13(17)5-6-14(12)16/h3-7,9,15,18H,8H2,1-2H3. The Labute approximate surface area is 121 Å². The van der Waals surface area contributed by atoms with Gasteiger partial charge in [0.15, 0.2) is 0 Å². The topological polar surface area (TPSA) is 24.9 Å². The lowest BCUT2D eigenvalue weighted by atomic mass is 10.00. The second-order valence-electron chi connectivity index (χ2n) is 4.51. The van der Waals surface area contributed by atoms with Crippen molar-refractivity contribution in [2.45, 2.75) is 19.4 Å². The van der Waals surface area contributed by atoms with Gasteiger partial charge in [0, 0.05) is 22.4 Å². The molecule has 2 rings (SSSR count). The fourth-order valence-corrected chi connectivity index (χ4v) is 2.40. The van der Waals surface area contributed by atoms with Crippen LogP contribution in [0.15, 0.2) is 41.0 Å². The summed E-state index contributed by atoms with van der Waals surface area (Å²) >= 11 is 3.46. The summed E-state index contributed by atoms with van der Waals surface area (Å²) in [6.07, 6.45) is 2.57. The van der Waals surface area contributed by atoms with Gasteiger partial charge in [0.1, 0.15) is 5.82 Å². The van der Waals surface area contributed by atoms with Crippen LogP contribution >= 0.6 is 15.9 Å². The van der Waals surface area contributed by atoms with Gasteiger partial charge >= 0.3 is 0 Å². The lowest BCUT2D eigenvalue weighted by molar-refractivity contribution is 0.581. The van der Waals surface area contributed by atoms with E-state index in [0.29, 0.717) is 6.42 Å². The Kier molecular flexibility index (Phi) is 4.66. The van der Waals surface area contributed by atoms with Crippen molar-refractivity contribution in [1.82, 2.24) is 10.3 Å². The van der Waals surface area contributed by atoms with Crippen LogP contribution in [-0.2, 0) is 6.42 Å². The van der Waals surface area contributed by atoms with Crippen molar-refractivity contribution >= 4 is 15.9 Å². The molecule has 0 amide bonds. The SMILES string of the molecule is CNC(Cc1cc(F)ccc1Br)c1ccc(C)nc1. The number of aryl methyl sites for hydroxylation is 1. The number of pyridine rings is 1. The van der Waals surface area contributed by atoms with E-state index < -0.39 is 0 Å². The van der Waals surface area contributed by atoms with Crippen LogP contribution in [0, 0.1) is 12.7 Å². The van der Waals surface area contributed by atoms with Crippen LogP contribution in [0.5, 0.6) is 0 Å². The summed E-state index contributed by atoms with van der Waals surface area (Å²) in [5.74, 6) is -0.213. The molecular weight excluding hydrogens is 307 g/mol. The van der Waals surface area contributed by atoms with Gasteiger partial charge in [0.25, 0.3) is 0 Å². The molecule has 0 saturated carbocycles. The number of likely N-dealkylation sites (N-methyl/N-ethyl adjacent to an activating group) is 1. The summed E-state index contributed by atoms with van der Waals surface area (Å²) in [4.78, 5) is 4.30. The second kappa shape index (κ2) is 6.26. The summed E-state index contributed by atoms with van der Waals surface area (Å²) in [6.45, 7) is 1.96. The van der Waals surface area contributed by atoms with E-state index in [1.54, 1.807) is 12.1 Å². The largest absolute Gasteiger partial charge is 0.313 e. The molecule has 0 aliphatic heterocycles. The first-order chi connectivity index (χ1) is 9.10. The minimum atomic E-state index is -0.213. The van der Waals surface area contributed by atoms with Gasteiger partial charge < -0.3 is 5.32 Å². The Hall–Kier alpha value is -1.26. The molecule has 0 aliphatic rings. The van der Waals surface area contributed by atoms with E-state index in [9.17, 15) is 4.39 Å². The fourth-order valence-electron chi connectivity index (χ4n) is 1.99. The molecule has 0 saturated heterocycles. The van der Waals surface area contributed by atoms with E-state index in [0.717, 1.165) is 21.3 Å². The number of rotatable bonds is 4. The molecule has 1 unspecified atom stereocenters. The van der Waals surface area contributed by atoms with Crippen molar-refractivity contribution in [3.63, 3.8) is 0 Å². The highest BCUT2D eigenvalue weighted by Crippen LogP contribution is 2.24. The highest BCUT2D eigenvalue weighted by molar-refractivity contribution is 9.10. The van der Waals surface area contributed by atoms with Gasteiger partial charge in [-0.1, -0.05) is 22.0 Å². The molecule has 0 aliphatic carbocycles. The second-order valence-corrected chi connectivity index (χ2v) is 5.37. The zero-order valence-electron chi connectivity index (χ0n) is 11.0. The first kappa shape index (κ1) is 14.2. The average Bonchev–Trinajstić information content (AvgIpc) is 2.41. The van der Waals surface area contributed by atoms with Crippen LogP contribution in [0.25, 0.3) is 0 Å². The molecule has 1 aromatic carbocycles. The van der Waals surface area contributed by atoms with Crippen molar-refractivity contribution < 1.29 is 4.39 Å². The zero-order valence-corrected chi connectivity index (χ0v) is 12.5. The molecule has 1 aromatic heterocycles. The third-order valence-corrected chi connectivity index (χ3v) is 3.89. The summed E-state index contributed by atoms with van der Waals surface area (Å²) in [6, 6.07) is 8.92. The van der Waals surface area contributed by atoms with Gasteiger partial charge in [-0.15, -0.1) is 0 Å². The summed E-state index contributed by atoms with van der Waals surface area (Å²) in [5, 5.41) is 3.25. The maximum atomic E-state index is 13.3. The Bertz CT molecular complexity index is 555. The van der Waals surface area contributed by atoms with Gasteiger partial charge in [0.05, 0.1) is 0 Å². The third-order valence-electron chi connectivity index (χ3n) is 3.12. The molecule has 1 heterocycles. The van der Waals surface area contributed by atoms with Crippen molar-refractivity contribution in [1.29, 1.82) is 0 Å². The third kappa shape index (κ3) is 3.61. The van der Waals surface area contributed by atoms with Gasteiger partial charge in [-0.2, -0.15) is 0 Å². The molecule has 0 bridgehead atoms. The van der Waals surface area contributed by atoms with Crippen molar-refractivity contribution in [2.75, 3.05) is 7.05 Å². The van der Waals surface area contributed by atoms with Crippen molar-refractivity contribution in [3.8, 4) is 0 Å². The van der Waals surface area contributed by atoms with E-state index in [-0.39, 0.29) is 11.9 Å². The Morgan fingerprint density at radius 3 is 2.74 bits per heavy atom. The summed E-state index contributed by atoms with van der Waals surface area (Å²) < 4.78 is 14.2. The number of benzene rings is 1. The lowest BCUT2D eigenvalue weighted by Crippen LogP contribution is -2.19. The molecule has 2 aromatic rings. The number of hydrogen-bond donors (Lipinski definition) is 1. The van der Waals surface area contributed by atoms with E-state index >= 15 is 0 Å². The molecular formula is C15H16BrFN2. The zero-order chi connectivity index (χ0) is 13.8. The fraction of sp³-hybridized carbons (Fsp3) is 0.267. The van der Waals surface area contributed by atoms with Gasteiger partial charge in [0.2, 0.25) is 0 Å². The molecule has 1 N–H and O–H groups in total. The number of nitrogens with zero attached hydrogens (tertiary/aromatic N) is 1. The number of aromatic nitrogens is 1. The van der Waals surface area contributed by atoms with Gasteiger partial charge in [-0.25, -0.2) is 4.39 Å². The van der Waals surface area contributed by atoms with Crippen LogP contribution in [0.4, 0.5) is 4.39 Å². The van der Waals surface area contributed by atoms with Crippen LogP contribution in [-0.4, -0.2) is 12.0 Å². The predicted octanol–water partition coefficient (Wildman–Crippen LogP) is 3.79. The number of hydrogen-bond acceptors (Lipinski definition) is 2. The smallest absolute Gasteiger partial charge is 0.123 e.